The number of amides is 1. The number of carbonyl (C=O) groups is 1. The summed E-state index contributed by atoms with van der Waals surface area (Å²) in [6.45, 7) is 0. The van der Waals surface area contributed by atoms with Crippen molar-refractivity contribution in [2.75, 3.05) is 5.88 Å². The van der Waals surface area contributed by atoms with E-state index in [2.05, 4.69) is 5.32 Å². The Balaban J connectivity index is 2.03. The Morgan fingerprint density at radius 2 is 2.07 bits per heavy atom. The van der Waals surface area contributed by atoms with E-state index in [0.717, 1.165) is 6.42 Å². The third-order valence-electron chi connectivity index (χ3n) is 2.46. The maximum absolute atomic E-state index is 11.0. The number of alkyl halides is 1. The van der Waals surface area contributed by atoms with Crippen molar-refractivity contribution in [2.45, 2.75) is 18.6 Å². The summed E-state index contributed by atoms with van der Waals surface area (Å²) in [4.78, 5) is 11.0. The van der Waals surface area contributed by atoms with Crippen LogP contribution >= 0.6 is 11.6 Å². The average molecular weight is 226 g/mol. The van der Waals surface area contributed by atoms with Gasteiger partial charge < -0.3 is 10.1 Å². The van der Waals surface area contributed by atoms with Crippen LogP contribution in [-0.2, 0) is 11.2 Å². The standard InChI is InChI=1S/C11H12ClNO2/c12-7-10-9(13-11(14)15-10)6-8-4-2-1-3-5-8/h1-5,9-10H,6-7H2,(H,13,14)/t9-,10-/m1/s1. The summed E-state index contributed by atoms with van der Waals surface area (Å²) < 4.78 is 5.01. The quantitative estimate of drug-likeness (QED) is 0.799. The van der Waals surface area contributed by atoms with E-state index < -0.39 is 0 Å². The molecule has 3 nitrogen and oxygen atoms in total. The number of halogens is 1. The SMILES string of the molecule is O=C1N[C@H](Cc2ccccc2)[C@@H](CCl)O1. The van der Waals surface area contributed by atoms with Gasteiger partial charge in [0.15, 0.2) is 0 Å². The molecule has 1 aliphatic heterocycles. The van der Waals surface area contributed by atoms with Crippen LogP contribution in [0.5, 0.6) is 0 Å². The van der Waals surface area contributed by atoms with Crippen molar-refractivity contribution in [2.24, 2.45) is 0 Å². The maximum Gasteiger partial charge on any atom is 0.407 e. The second-order valence-electron chi connectivity index (χ2n) is 3.54. The molecular formula is C11H12ClNO2. The Kier molecular flexibility index (Phi) is 3.11. The first-order valence-electron chi connectivity index (χ1n) is 4.86. The molecule has 0 saturated carbocycles. The molecule has 0 radical (unpaired) electrons. The molecule has 1 aromatic carbocycles. The number of rotatable bonds is 3. The zero-order valence-electron chi connectivity index (χ0n) is 8.15. The number of cyclic esters (lactones) is 1. The maximum atomic E-state index is 11.0. The van der Waals surface area contributed by atoms with E-state index >= 15 is 0 Å². The Morgan fingerprint density at radius 3 is 2.73 bits per heavy atom. The smallest absolute Gasteiger partial charge is 0.407 e. The van der Waals surface area contributed by atoms with E-state index in [1.54, 1.807) is 0 Å². The summed E-state index contributed by atoms with van der Waals surface area (Å²) in [6, 6.07) is 9.95. The van der Waals surface area contributed by atoms with E-state index in [9.17, 15) is 4.79 Å². The highest BCUT2D eigenvalue weighted by molar-refractivity contribution is 6.18. The minimum atomic E-state index is -0.374. The third-order valence-corrected chi connectivity index (χ3v) is 2.77. The number of hydrogen-bond acceptors (Lipinski definition) is 2. The molecule has 0 spiro atoms. The summed E-state index contributed by atoms with van der Waals surface area (Å²) in [5.74, 6) is 0.330. The summed E-state index contributed by atoms with van der Waals surface area (Å²) in [5, 5.41) is 2.76. The highest BCUT2D eigenvalue weighted by atomic mass is 35.5. The molecule has 0 aromatic heterocycles. The molecule has 1 aliphatic rings. The van der Waals surface area contributed by atoms with Crippen molar-refractivity contribution < 1.29 is 9.53 Å². The zero-order chi connectivity index (χ0) is 10.7. The number of alkyl carbamates (subject to hydrolysis) is 1. The molecule has 1 amide bonds. The Morgan fingerprint density at radius 1 is 1.33 bits per heavy atom. The van der Waals surface area contributed by atoms with Gasteiger partial charge in [0, 0.05) is 0 Å². The minimum absolute atomic E-state index is 0.0163. The van der Waals surface area contributed by atoms with Crippen LogP contribution < -0.4 is 5.32 Å². The van der Waals surface area contributed by atoms with Crippen LogP contribution in [0.3, 0.4) is 0 Å². The van der Waals surface area contributed by atoms with Gasteiger partial charge >= 0.3 is 6.09 Å². The van der Waals surface area contributed by atoms with Crippen molar-refractivity contribution in [3.63, 3.8) is 0 Å². The van der Waals surface area contributed by atoms with Crippen molar-refractivity contribution in [1.29, 1.82) is 0 Å². The summed E-state index contributed by atoms with van der Waals surface area (Å²) in [6.07, 6.45) is 0.158. The predicted molar refractivity (Wildman–Crippen MR) is 58.1 cm³/mol. The Labute approximate surface area is 93.4 Å². The van der Waals surface area contributed by atoms with Gasteiger partial charge in [-0.05, 0) is 12.0 Å². The Hall–Kier alpha value is -1.22. The van der Waals surface area contributed by atoms with Gasteiger partial charge in [0.2, 0.25) is 0 Å². The van der Waals surface area contributed by atoms with Crippen LogP contribution in [0.15, 0.2) is 30.3 Å². The number of hydrogen-bond donors (Lipinski definition) is 1. The van der Waals surface area contributed by atoms with E-state index in [1.807, 2.05) is 30.3 Å². The van der Waals surface area contributed by atoms with Gasteiger partial charge in [0.05, 0.1) is 11.9 Å². The fourth-order valence-corrected chi connectivity index (χ4v) is 1.97. The molecule has 1 aromatic rings. The molecular weight excluding hydrogens is 214 g/mol. The predicted octanol–water partition coefficient (Wildman–Crippen LogP) is 1.94. The lowest BCUT2D eigenvalue weighted by Crippen LogP contribution is -2.34. The van der Waals surface area contributed by atoms with Crippen LogP contribution in [0.2, 0.25) is 0 Å². The largest absolute Gasteiger partial charge is 0.443 e. The number of nitrogens with one attached hydrogen (secondary N) is 1. The van der Waals surface area contributed by atoms with E-state index in [0.29, 0.717) is 5.88 Å². The van der Waals surface area contributed by atoms with Crippen molar-refractivity contribution in [3.05, 3.63) is 35.9 Å². The number of ether oxygens (including phenoxy) is 1. The van der Waals surface area contributed by atoms with Gasteiger partial charge in [-0.25, -0.2) is 4.79 Å². The van der Waals surface area contributed by atoms with Gasteiger partial charge in [0.25, 0.3) is 0 Å². The molecule has 1 heterocycles. The molecule has 15 heavy (non-hydrogen) atoms. The van der Waals surface area contributed by atoms with Gasteiger partial charge in [-0.15, -0.1) is 11.6 Å². The van der Waals surface area contributed by atoms with Gasteiger partial charge in [0.1, 0.15) is 6.10 Å². The van der Waals surface area contributed by atoms with Crippen molar-refractivity contribution >= 4 is 17.7 Å². The summed E-state index contributed by atoms with van der Waals surface area (Å²) >= 11 is 5.72. The first-order valence-corrected chi connectivity index (χ1v) is 5.40. The van der Waals surface area contributed by atoms with E-state index in [4.69, 9.17) is 16.3 Å². The van der Waals surface area contributed by atoms with E-state index in [-0.39, 0.29) is 18.2 Å². The third kappa shape index (κ3) is 2.42. The summed E-state index contributed by atoms with van der Waals surface area (Å²) in [7, 11) is 0. The zero-order valence-corrected chi connectivity index (χ0v) is 8.91. The lowest BCUT2D eigenvalue weighted by atomic mass is 10.0. The molecule has 80 valence electrons. The second kappa shape index (κ2) is 4.53. The molecule has 1 saturated heterocycles. The van der Waals surface area contributed by atoms with Crippen LogP contribution in [-0.4, -0.2) is 24.1 Å². The molecule has 0 unspecified atom stereocenters. The van der Waals surface area contributed by atoms with Crippen molar-refractivity contribution in [1.82, 2.24) is 5.32 Å². The highest BCUT2D eigenvalue weighted by Crippen LogP contribution is 2.15. The van der Waals surface area contributed by atoms with Gasteiger partial charge in [-0.3, -0.25) is 0 Å². The summed E-state index contributed by atoms with van der Waals surface area (Å²) in [5.41, 5.74) is 1.17. The lowest BCUT2D eigenvalue weighted by Gasteiger charge is -2.13. The van der Waals surface area contributed by atoms with Crippen LogP contribution in [0.25, 0.3) is 0 Å². The number of carbonyl (C=O) groups excluding carboxylic acids is 1. The monoisotopic (exact) mass is 225 g/mol. The molecule has 0 bridgehead atoms. The molecule has 2 rings (SSSR count). The van der Waals surface area contributed by atoms with Crippen molar-refractivity contribution in [3.8, 4) is 0 Å². The van der Waals surface area contributed by atoms with E-state index in [1.165, 1.54) is 5.56 Å². The lowest BCUT2D eigenvalue weighted by molar-refractivity contribution is 0.142. The fraction of sp³-hybridized carbons (Fsp3) is 0.364. The average Bonchev–Trinajstić information content (AvgIpc) is 2.60. The molecule has 4 heteroatoms. The first-order chi connectivity index (χ1) is 7.29. The molecule has 0 aliphatic carbocycles. The normalized spacial score (nSPS) is 24.7. The van der Waals surface area contributed by atoms with Crippen LogP contribution in [0.4, 0.5) is 4.79 Å². The van der Waals surface area contributed by atoms with Crippen LogP contribution in [0.1, 0.15) is 5.56 Å². The first kappa shape index (κ1) is 10.3. The minimum Gasteiger partial charge on any atom is -0.443 e. The number of benzene rings is 1. The highest BCUT2D eigenvalue weighted by Gasteiger charge is 2.32. The Bertz CT molecular complexity index is 342. The molecule has 1 N–H and O–H groups in total. The molecule has 2 atom stereocenters. The second-order valence-corrected chi connectivity index (χ2v) is 3.85. The van der Waals surface area contributed by atoms with Crippen LogP contribution in [0, 0.1) is 0 Å². The van der Waals surface area contributed by atoms with Gasteiger partial charge in [-0.1, -0.05) is 30.3 Å². The fourth-order valence-electron chi connectivity index (χ4n) is 1.69. The molecule has 1 fully saturated rings. The topological polar surface area (TPSA) is 38.3 Å². The van der Waals surface area contributed by atoms with Gasteiger partial charge in [-0.2, -0.15) is 0 Å².